The van der Waals surface area contributed by atoms with Crippen LogP contribution in [0.15, 0.2) is 17.1 Å². The van der Waals surface area contributed by atoms with E-state index in [4.69, 9.17) is 9.47 Å². The second-order valence-electron chi connectivity index (χ2n) is 11.3. The first-order valence-corrected chi connectivity index (χ1v) is 12.8. The molecule has 0 spiro atoms. The molecule has 0 unspecified atom stereocenters. The van der Waals surface area contributed by atoms with Gasteiger partial charge >= 0.3 is 12.1 Å². The summed E-state index contributed by atoms with van der Waals surface area (Å²) in [7, 11) is 0. The topological polar surface area (TPSA) is 80.6 Å². The average molecular weight is 500 g/mol. The Morgan fingerprint density at radius 2 is 1.75 bits per heavy atom. The Morgan fingerprint density at radius 3 is 2.31 bits per heavy atom. The van der Waals surface area contributed by atoms with E-state index in [1.807, 2.05) is 32.6 Å². The van der Waals surface area contributed by atoms with Crippen LogP contribution in [0.2, 0.25) is 0 Å². The molecule has 3 fully saturated rings. The van der Waals surface area contributed by atoms with Crippen molar-refractivity contribution in [2.24, 2.45) is 11.8 Å². The molecule has 1 aliphatic carbocycles. The van der Waals surface area contributed by atoms with Gasteiger partial charge in [0.15, 0.2) is 5.82 Å². The number of rotatable bonds is 4. The number of esters is 1. The number of ether oxygens (including phenoxy) is 2. The third kappa shape index (κ3) is 4.33. The maximum absolute atomic E-state index is 15.6. The molecule has 36 heavy (non-hydrogen) atoms. The summed E-state index contributed by atoms with van der Waals surface area (Å²) >= 11 is 0. The zero-order chi connectivity index (χ0) is 25.9. The first kappa shape index (κ1) is 24.6. The lowest BCUT2D eigenvalue weighted by atomic mass is 10.0. The lowest BCUT2D eigenvalue weighted by molar-refractivity contribution is 0.0282. The molecule has 0 N–H and O–H groups in total. The summed E-state index contributed by atoms with van der Waals surface area (Å²) < 4.78 is 27.5. The highest BCUT2D eigenvalue weighted by molar-refractivity contribution is 5.90. The molecule has 9 heteroatoms. The van der Waals surface area contributed by atoms with Crippen LogP contribution >= 0.6 is 0 Å². The van der Waals surface area contributed by atoms with Gasteiger partial charge in [0.1, 0.15) is 11.2 Å². The van der Waals surface area contributed by atoms with E-state index >= 15 is 4.39 Å². The van der Waals surface area contributed by atoms with Gasteiger partial charge in [0.25, 0.3) is 5.56 Å². The summed E-state index contributed by atoms with van der Waals surface area (Å²) in [5.74, 6) is -0.476. The van der Waals surface area contributed by atoms with Gasteiger partial charge in [0.05, 0.1) is 24.0 Å². The van der Waals surface area contributed by atoms with Crippen molar-refractivity contribution < 1.29 is 23.5 Å². The smallest absolute Gasteiger partial charge is 0.410 e. The normalized spacial score (nSPS) is 21.7. The van der Waals surface area contributed by atoms with Gasteiger partial charge in [0, 0.05) is 38.0 Å². The van der Waals surface area contributed by atoms with Crippen molar-refractivity contribution in [3.63, 3.8) is 0 Å². The van der Waals surface area contributed by atoms with Gasteiger partial charge in [-0.05, 0) is 70.6 Å². The zero-order valence-corrected chi connectivity index (χ0v) is 21.6. The molecule has 194 valence electrons. The number of fused-ring (bicyclic) bond motifs is 2. The predicted octanol–water partition coefficient (Wildman–Crippen LogP) is 4.10. The van der Waals surface area contributed by atoms with Crippen molar-refractivity contribution in [1.29, 1.82) is 0 Å². The molecule has 2 aromatic rings. The van der Waals surface area contributed by atoms with Crippen LogP contribution < -0.4 is 10.5 Å². The van der Waals surface area contributed by atoms with Crippen molar-refractivity contribution in [1.82, 2.24) is 9.30 Å². The molecule has 2 atom stereocenters. The van der Waals surface area contributed by atoms with Crippen LogP contribution in [0.4, 0.5) is 14.9 Å². The first-order chi connectivity index (χ1) is 17.0. The molecule has 3 aliphatic rings. The Balaban J connectivity index is 1.47. The maximum Gasteiger partial charge on any atom is 0.410 e. The van der Waals surface area contributed by atoms with Crippen LogP contribution in [0.1, 0.15) is 67.9 Å². The molecule has 5 rings (SSSR count). The van der Waals surface area contributed by atoms with Crippen LogP contribution in [0.3, 0.4) is 0 Å². The lowest BCUT2D eigenvalue weighted by Gasteiger charge is -2.28. The van der Waals surface area contributed by atoms with Gasteiger partial charge < -0.3 is 19.3 Å². The van der Waals surface area contributed by atoms with E-state index in [0.29, 0.717) is 42.9 Å². The first-order valence-electron chi connectivity index (χ1n) is 12.8. The van der Waals surface area contributed by atoms with Crippen LogP contribution in [0.5, 0.6) is 0 Å². The minimum Gasteiger partial charge on any atom is -0.462 e. The Hall–Kier alpha value is -3.10. The summed E-state index contributed by atoms with van der Waals surface area (Å²) in [5.41, 5.74) is 1.61. The number of pyridine rings is 2. The molecule has 0 aromatic carbocycles. The minimum atomic E-state index is -0.678. The molecule has 1 saturated carbocycles. The molecule has 8 nitrogen and oxygen atoms in total. The number of nitrogens with zero attached hydrogens (tertiary/aromatic N) is 3. The van der Waals surface area contributed by atoms with E-state index < -0.39 is 22.9 Å². The number of hydrogen-bond donors (Lipinski definition) is 0. The van der Waals surface area contributed by atoms with E-state index in [-0.39, 0.29) is 36.0 Å². The molecule has 0 bridgehead atoms. The van der Waals surface area contributed by atoms with Crippen LogP contribution in [-0.4, -0.2) is 59.8 Å². The number of aryl methyl sites for hydroxylation is 1. The molecule has 2 aromatic heterocycles. The number of anilines is 1. The molecule has 1 amide bonds. The molecule has 2 saturated heterocycles. The Labute approximate surface area is 210 Å². The van der Waals surface area contributed by atoms with Gasteiger partial charge in [-0.15, -0.1) is 0 Å². The highest BCUT2D eigenvalue weighted by atomic mass is 19.1. The van der Waals surface area contributed by atoms with Crippen molar-refractivity contribution in [2.75, 3.05) is 37.7 Å². The van der Waals surface area contributed by atoms with E-state index in [2.05, 4.69) is 0 Å². The fraction of sp³-hybridized carbons (Fsp3) is 0.593. The average Bonchev–Trinajstić information content (AvgIpc) is 3.43. The Bertz CT molecular complexity index is 1280. The molecular formula is C27H34FN3O5. The van der Waals surface area contributed by atoms with E-state index in [9.17, 15) is 14.4 Å². The number of carbonyl (C=O) groups is 2. The second kappa shape index (κ2) is 8.78. The maximum atomic E-state index is 15.6. The highest BCUT2D eigenvalue weighted by Gasteiger charge is 2.44. The third-order valence-corrected chi connectivity index (χ3v) is 7.41. The molecular weight excluding hydrogens is 465 g/mol. The van der Waals surface area contributed by atoms with E-state index in [1.54, 1.807) is 17.9 Å². The number of halogens is 1. The summed E-state index contributed by atoms with van der Waals surface area (Å²) in [4.78, 5) is 41.9. The van der Waals surface area contributed by atoms with Gasteiger partial charge in [-0.3, -0.25) is 9.20 Å². The zero-order valence-electron chi connectivity index (χ0n) is 21.6. The van der Waals surface area contributed by atoms with Crippen molar-refractivity contribution in [3.05, 3.63) is 45.1 Å². The number of hydrogen-bond acceptors (Lipinski definition) is 6. The van der Waals surface area contributed by atoms with Gasteiger partial charge in [-0.25, -0.2) is 14.0 Å². The van der Waals surface area contributed by atoms with E-state index in [0.717, 1.165) is 18.4 Å². The Morgan fingerprint density at radius 1 is 1.11 bits per heavy atom. The van der Waals surface area contributed by atoms with E-state index in [1.165, 1.54) is 10.6 Å². The molecule has 4 heterocycles. The predicted molar refractivity (Wildman–Crippen MR) is 133 cm³/mol. The summed E-state index contributed by atoms with van der Waals surface area (Å²) in [6, 6.07) is 1.65. The highest BCUT2D eigenvalue weighted by Crippen LogP contribution is 2.45. The van der Waals surface area contributed by atoms with Crippen LogP contribution in [0.25, 0.3) is 5.52 Å². The largest absolute Gasteiger partial charge is 0.462 e. The fourth-order valence-corrected chi connectivity index (χ4v) is 5.74. The summed E-state index contributed by atoms with van der Waals surface area (Å²) in [5, 5.41) is 0. The van der Waals surface area contributed by atoms with Gasteiger partial charge in [-0.1, -0.05) is 0 Å². The van der Waals surface area contributed by atoms with Crippen molar-refractivity contribution >= 4 is 23.3 Å². The fourth-order valence-electron chi connectivity index (χ4n) is 5.74. The molecule has 0 radical (unpaired) electrons. The minimum absolute atomic E-state index is 0.0549. The second-order valence-corrected chi connectivity index (χ2v) is 11.3. The summed E-state index contributed by atoms with van der Waals surface area (Å²) in [6.45, 7) is 11.7. The van der Waals surface area contributed by atoms with Crippen LogP contribution in [-0.2, 0) is 9.47 Å². The third-order valence-electron chi connectivity index (χ3n) is 7.41. The SMILES string of the molecule is CCOC(=O)c1cc(C2CC2)c2c(C)c(N3C[C@H]4CN(C(=O)OC(C)(C)C)C[C@H]4C3)c(F)cn2c1=O. The monoisotopic (exact) mass is 499 g/mol. The van der Waals surface area contributed by atoms with Crippen LogP contribution in [0, 0.1) is 24.6 Å². The summed E-state index contributed by atoms with van der Waals surface area (Å²) in [6.07, 6.45) is 2.85. The number of likely N-dealkylation sites (tertiary alicyclic amines) is 1. The number of carbonyl (C=O) groups excluding carboxylic acids is 2. The van der Waals surface area contributed by atoms with Gasteiger partial charge in [-0.2, -0.15) is 0 Å². The number of aromatic nitrogens is 1. The van der Waals surface area contributed by atoms with Crippen molar-refractivity contribution in [2.45, 2.75) is 59.0 Å². The quantitative estimate of drug-likeness (QED) is 0.589. The van der Waals surface area contributed by atoms with Gasteiger partial charge in [0.2, 0.25) is 0 Å². The Kier molecular flexibility index (Phi) is 6.00. The van der Waals surface area contributed by atoms with Crippen molar-refractivity contribution in [3.8, 4) is 0 Å². The lowest BCUT2D eigenvalue weighted by Crippen LogP contribution is -2.37. The molecule has 2 aliphatic heterocycles. The number of amides is 1. The standard InChI is InChI=1S/C27H34FN3O5/c1-6-35-25(33)20-9-19(16-7-8-16)22-15(2)23(21(28)14-31(22)24(20)32)29-10-17-12-30(13-18(17)11-29)26(34)36-27(3,4)5/h9,14,16-18H,6-8,10-13H2,1-5H3/t17-,18+.